The molecule has 0 aromatic rings. The van der Waals surface area contributed by atoms with Gasteiger partial charge in [0.2, 0.25) is 5.79 Å². The maximum absolute atomic E-state index is 14.3. The summed E-state index contributed by atoms with van der Waals surface area (Å²) in [6.07, 6.45) is 7.27. The van der Waals surface area contributed by atoms with Crippen molar-refractivity contribution < 1.29 is 53.4 Å². The highest BCUT2D eigenvalue weighted by atomic mass is 16.7. The molecule has 12 heteroatoms. The predicted molar refractivity (Wildman–Crippen MR) is 208 cm³/mol. The fraction of sp³-hybridized carbons (Fsp3) is 0.837. The van der Waals surface area contributed by atoms with E-state index in [2.05, 4.69) is 32.9 Å². The van der Waals surface area contributed by atoms with E-state index in [-0.39, 0.29) is 42.7 Å². The second kappa shape index (κ2) is 20.5. The van der Waals surface area contributed by atoms with Gasteiger partial charge in [0.1, 0.15) is 18.2 Å². The molecule has 0 spiro atoms. The van der Waals surface area contributed by atoms with Crippen molar-refractivity contribution >= 4 is 17.7 Å². The lowest BCUT2D eigenvalue weighted by molar-refractivity contribution is -0.302. The summed E-state index contributed by atoms with van der Waals surface area (Å²) in [5.41, 5.74) is 2.00. The number of methoxy groups -OCH3 is 3. The Hall–Kier alpha value is -2.19. The van der Waals surface area contributed by atoms with Crippen LogP contribution >= 0.6 is 0 Å². The molecular weight excluding hydrogens is 706 g/mol. The molecule has 55 heavy (non-hydrogen) atoms. The standard InChI is InChI=1S/C43H71NO11/c1-10-31-20-25(2)19-26(3)21-36(52-8)39-37(53-9)23-29(6)43(50,55-39)40(47)41(48)44-18-12-11-13-32(44)42(49)54-38(27(4)14-16-33(31)45)28(5)22-30-15-17-34(46)35(24-30)51-7/h20,22,26-27,29-39,45-46,50H,10-19,21,23-24H2,1-9H3/b25-20+,28-22+/t26-,27+,29+,30-,31+,32-,33+,34+,35+,36-,37-,38-,39+,43+/m0/s1. The SMILES string of the molecule is CC[C@@H]1/C=C(\C)C[C@H](C)C[C@H](OC)[C@H]2O[C@@](O)(C(=O)C(=O)N3CCCC[C@H]3C(=O)O[C@H](/C(C)=C/[C@@H]3CC[C@@H](O)[C@H](OC)C3)[C@H](C)CC[C@H]1O)[C@H](C)C[C@@H]2OC. The molecule has 2 saturated heterocycles. The van der Waals surface area contributed by atoms with Gasteiger partial charge in [0.05, 0.1) is 30.5 Å². The number of aliphatic hydroxyl groups excluding tert-OH is 2. The van der Waals surface area contributed by atoms with Crippen LogP contribution < -0.4 is 0 Å². The second-order valence-electron chi connectivity index (χ2n) is 17.2. The van der Waals surface area contributed by atoms with Crippen LogP contribution in [0.15, 0.2) is 23.3 Å². The van der Waals surface area contributed by atoms with Gasteiger partial charge in [-0.25, -0.2) is 4.79 Å². The number of esters is 1. The number of ether oxygens (including phenoxy) is 5. The first kappa shape index (κ1) is 45.5. The lowest BCUT2D eigenvalue weighted by Crippen LogP contribution is -2.64. The first-order valence-corrected chi connectivity index (χ1v) is 20.8. The van der Waals surface area contributed by atoms with E-state index >= 15 is 0 Å². The number of piperidine rings is 1. The molecule has 3 fully saturated rings. The molecule has 3 aliphatic heterocycles. The van der Waals surface area contributed by atoms with Gasteiger partial charge in [-0.15, -0.1) is 0 Å². The molecule has 0 aromatic carbocycles. The van der Waals surface area contributed by atoms with Gasteiger partial charge in [-0.3, -0.25) is 9.59 Å². The van der Waals surface area contributed by atoms with Gasteiger partial charge < -0.3 is 43.9 Å². The molecule has 3 heterocycles. The fourth-order valence-electron chi connectivity index (χ4n) is 9.57. The first-order chi connectivity index (χ1) is 26.1. The molecule has 4 rings (SSSR count). The Kier molecular flexibility index (Phi) is 16.9. The number of nitrogens with zero attached hydrogens (tertiary/aromatic N) is 1. The van der Waals surface area contributed by atoms with Crippen LogP contribution in [0.4, 0.5) is 0 Å². The van der Waals surface area contributed by atoms with Crippen LogP contribution in [0.1, 0.15) is 119 Å². The summed E-state index contributed by atoms with van der Waals surface area (Å²) in [6.45, 7) is 12.0. The minimum Gasteiger partial charge on any atom is -0.456 e. The lowest BCUT2D eigenvalue weighted by Gasteiger charge is -2.47. The van der Waals surface area contributed by atoms with Crippen LogP contribution in [0.3, 0.4) is 0 Å². The highest BCUT2D eigenvalue weighted by Gasteiger charge is 2.56. The average molecular weight is 778 g/mol. The number of rotatable bonds is 6. The molecule has 12 nitrogen and oxygen atoms in total. The van der Waals surface area contributed by atoms with Gasteiger partial charge in [0.15, 0.2) is 0 Å². The van der Waals surface area contributed by atoms with Gasteiger partial charge >= 0.3 is 5.97 Å². The summed E-state index contributed by atoms with van der Waals surface area (Å²) in [7, 11) is 4.73. The van der Waals surface area contributed by atoms with Gasteiger partial charge in [0.25, 0.3) is 11.7 Å². The monoisotopic (exact) mass is 778 g/mol. The molecule has 1 saturated carbocycles. The summed E-state index contributed by atoms with van der Waals surface area (Å²) in [6, 6.07) is -1.02. The van der Waals surface area contributed by atoms with Crippen molar-refractivity contribution in [2.75, 3.05) is 27.9 Å². The van der Waals surface area contributed by atoms with Gasteiger partial charge in [-0.2, -0.15) is 0 Å². The number of allylic oxidation sites excluding steroid dienone is 2. The van der Waals surface area contributed by atoms with E-state index in [4.69, 9.17) is 23.7 Å². The number of carbonyl (C=O) groups excluding carboxylic acids is 3. The largest absolute Gasteiger partial charge is 0.456 e. The predicted octanol–water partition coefficient (Wildman–Crippen LogP) is 5.29. The Morgan fingerprint density at radius 1 is 0.909 bits per heavy atom. The minimum atomic E-state index is -2.45. The van der Waals surface area contributed by atoms with E-state index in [1.807, 2.05) is 13.8 Å². The number of amides is 1. The highest BCUT2D eigenvalue weighted by molar-refractivity contribution is 6.39. The topological polar surface area (TPSA) is 161 Å². The van der Waals surface area contributed by atoms with Crippen LogP contribution in [-0.2, 0) is 38.1 Å². The van der Waals surface area contributed by atoms with Crippen molar-refractivity contribution in [3.63, 3.8) is 0 Å². The average Bonchev–Trinajstić information content (AvgIpc) is 3.17. The number of aliphatic hydroxyl groups is 3. The van der Waals surface area contributed by atoms with E-state index in [1.165, 1.54) is 4.90 Å². The number of fused-ring (bicyclic) bond motifs is 3. The minimum absolute atomic E-state index is 0.0622. The molecule has 1 aliphatic carbocycles. The molecule has 1 amide bonds. The number of cyclic esters (lactones) is 1. The summed E-state index contributed by atoms with van der Waals surface area (Å²) < 4.78 is 30.0. The van der Waals surface area contributed by atoms with E-state index in [1.54, 1.807) is 28.3 Å². The third-order valence-electron chi connectivity index (χ3n) is 13.0. The molecule has 0 radical (unpaired) electrons. The maximum atomic E-state index is 14.3. The smallest absolute Gasteiger partial charge is 0.329 e. The molecule has 0 aromatic heterocycles. The third-order valence-corrected chi connectivity index (χ3v) is 13.0. The molecule has 314 valence electrons. The quantitative estimate of drug-likeness (QED) is 0.183. The highest BCUT2D eigenvalue weighted by Crippen LogP contribution is 2.39. The van der Waals surface area contributed by atoms with Gasteiger partial charge in [-0.05, 0) is 114 Å². The van der Waals surface area contributed by atoms with Crippen LogP contribution in [-0.4, -0.2) is 120 Å². The first-order valence-electron chi connectivity index (χ1n) is 20.8. The van der Waals surface area contributed by atoms with Gasteiger partial charge in [-0.1, -0.05) is 45.4 Å². The second-order valence-corrected chi connectivity index (χ2v) is 17.2. The number of hydrogen-bond acceptors (Lipinski definition) is 11. The molecule has 0 unspecified atom stereocenters. The zero-order valence-corrected chi connectivity index (χ0v) is 34.9. The number of hydrogen-bond donors (Lipinski definition) is 3. The van der Waals surface area contributed by atoms with Crippen molar-refractivity contribution in [1.29, 1.82) is 0 Å². The zero-order chi connectivity index (χ0) is 40.6. The number of Topliss-reactive ketones (excluding diaryl/α,β-unsaturated/α-hetero) is 1. The Bertz CT molecular complexity index is 1350. The van der Waals surface area contributed by atoms with Crippen molar-refractivity contribution in [3.05, 3.63) is 23.3 Å². The summed E-state index contributed by atoms with van der Waals surface area (Å²) in [5, 5.41) is 34.0. The normalized spacial score (nSPS) is 42.1. The third kappa shape index (κ3) is 11.1. The Labute approximate surface area is 329 Å². The summed E-state index contributed by atoms with van der Waals surface area (Å²) >= 11 is 0. The molecule has 3 N–H and O–H groups in total. The van der Waals surface area contributed by atoms with E-state index in [0.29, 0.717) is 51.4 Å². The molecular formula is C43H71NO11. The maximum Gasteiger partial charge on any atom is 0.329 e. The number of carbonyl (C=O) groups is 3. The Morgan fingerprint density at radius 2 is 1.56 bits per heavy atom. The van der Waals surface area contributed by atoms with Crippen LogP contribution in [0, 0.1) is 29.6 Å². The Balaban J connectivity index is 1.73. The molecule has 2 bridgehead atoms. The zero-order valence-electron chi connectivity index (χ0n) is 34.9. The van der Waals surface area contributed by atoms with Crippen LogP contribution in [0.5, 0.6) is 0 Å². The van der Waals surface area contributed by atoms with Gasteiger partial charge in [0, 0.05) is 39.7 Å². The lowest BCUT2D eigenvalue weighted by atomic mass is 9.82. The van der Waals surface area contributed by atoms with Crippen molar-refractivity contribution in [1.82, 2.24) is 4.90 Å². The fourth-order valence-corrected chi connectivity index (χ4v) is 9.57. The van der Waals surface area contributed by atoms with E-state index < -0.39 is 72.0 Å². The number of ketones is 1. The van der Waals surface area contributed by atoms with Crippen molar-refractivity contribution in [2.24, 2.45) is 29.6 Å². The van der Waals surface area contributed by atoms with E-state index in [0.717, 1.165) is 30.4 Å². The Morgan fingerprint density at radius 3 is 2.22 bits per heavy atom. The van der Waals surface area contributed by atoms with Crippen molar-refractivity contribution in [3.8, 4) is 0 Å². The summed E-state index contributed by atoms with van der Waals surface area (Å²) in [4.78, 5) is 43.9. The molecule has 14 atom stereocenters. The van der Waals surface area contributed by atoms with Crippen molar-refractivity contribution in [2.45, 2.75) is 173 Å². The van der Waals surface area contributed by atoms with Crippen LogP contribution in [0.2, 0.25) is 0 Å². The molecule has 4 aliphatic rings. The van der Waals surface area contributed by atoms with E-state index in [9.17, 15) is 29.7 Å². The van der Waals surface area contributed by atoms with Crippen LogP contribution in [0.25, 0.3) is 0 Å². The summed E-state index contributed by atoms with van der Waals surface area (Å²) in [5.74, 6) is -5.94.